The molecule has 1 nitrogen and oxygen atoms in total. The van der Waals surface area contributed by atoms with Crippen molar-refractivity contribution in [1.82, 2.24) is 0 Å². The van der Waals surface area contributed by atoms with Gasteiger partial charge in [-0.2, -0.15) is 0 Å². The van der Waals surface area contributed by atoms with Crippen LogP contribution in [0.25, 0.3) is 0 Å². The van der Waals surface area contributed by atoms with Crippen molar-refractivity contribution in [3.05, 3.63) is 35.4 Å². The summed E-state index contributed by atoms with van der Waals surface area (Å²) >= 11 is 0. The zero-order valence-electron chi connectivity index (χ0n) is 9.76. The van der Waals surface area contributed by atoms with E-state index in [4.69, 9.17) is 5.73 Å². The molecule has 3 heteroatoms. The Balaban J connectivity index is 1.91. The molecule has 1 fully saturated rings. The maximum absolute atomic E-state index is 13.2. The highest BCUT2D eigenvalue weighted by Crippen LogP contribution is 2.61. The minimum absolute atomic E-state index is 0.0322. The zero-order chi connectivity index (χ0) is 12.1. The second-order valence-electron chi connectivity index (χ2n) is 5.57. The standard InChI is InChI=1S/C14H17F2N/c15-14(16)7-13(8-14,9-17)12-6-5-10-3-1-2-4-11(10)12/h1-4,12H,5-9,17H2. The predicted molar refractivity (Wildman–Crippen MR) is 63.2 cm³/mol. The first kappa shape index (κ1) is 11.1. The lowest BCUT2D eigenvalue weighted by atomic mass is 9.57. The Bertz CT molecular complexity index is 434. The molecule has 1 unspecified atom stereocenters. The SMILES string of the molecule is NCC1(C2CCc3ccccc32)CC(F)(F)C1. The summed E-state index contributed by atoms with van der Waals surface area (Å²) in [6.07, 6.45) is 1.92. The topological polar surface area (TPSA) is 26.0 Å². The van der Waals surface area contributed by atoms with Crippen molar-refractivity contribution in [2.45, 2.75) is 37.5 Å². The van der Waals surface area contributed by atoms with Gasteiger partial charge in [-0.1, -0.05) is 24.3 Å². The number of rotatable bonds is 2. The second-order valence-corrected chi connectivity index (χ2v) is 5.57. The summed E-state index contributed by atoms with van der Waals surface area (Å²) < 4.78 is 26.4. The Morgan fingerprint density at radius 3 is 2.59 bits per heavy atom. The van der Waals surface area contributed by atoms with Crippen LogP contribution in [-0.2, 0) is 6.42 Å². The first-order valence-corrected chi connectivity index (χ1v) is 6.22. The lowest BCUT2D eigenvalue weighted by Crippen LogP contribution is -2.53. The van der Waals surface area contributed by atoms with Crippen LogP contribution in [0.3, 0.4) is 0 Å². The highest BCUT2D eigenvalue weighted by molar-refractivity contribution is 5.37. The molecule has 2 N–H and O–H groups in total. The molecule has 1 saturated carbocycles. The molecule has 17 heavy (non-hydrogen) atoms. The van der Waals surface area contributed by atoms with Gasteiger partial charge in [0.2, 0.25) is 5.92 Å². The Morgan fingerprint density at radius 1 is 1.24 bits per heavy atom. The average molecular weight is 237 g/mol. The quantitative estimate of drug-likeness (QED) is 0.840. The summed E-state index contributed by atoms with van der Waals surface area (Å²) in [5.74, 6) is -2.25. The molecule has 1 atom stereocenters. The van der Waals surface area contributed by atoms with Crippen LogP contribution >= 0.6 is 0 Å². The molecule has 0 spiro atoms. The molecule has 3 rings (SSSR count). The van der Waals surface area contributed by atoms with E-state index in [1.165, 1.54) is 11.1 Å². The molecule has 0 bridgehead atoms. The Labute approximate surface area is 100 Å². The van der Waals surface area contributed by atoms with E-state index in [0.717, 1.165) is 12.8 Å². The van der Waals surface area contributed by atoms with Gasteiger partial charge < -0.3 is 5.73 Å². The third-order valence-corrected chi connectivity index (χ3v) is 4.50. The first-order valence-electron chi connectivity index (χ1n) is 6.22. The van der Waals surface area contributed by atoms with Gasteiger partial charge in [0, 0.05) is 18.3 Å². The molecule has 0 saturated heterocycles. The normalized spacial score (nSPS) is 28.5. The zero-order valence-corrected chi connectivity index (χ0v) is 9.76. The van der Waals surface area contributed by atoms with Crippen molar-refractivity contribution in [2.75, 3.05) is 6.54 Å². The maximum atomic E-state index is 13.2. The van der Waals surface area contributed by atoms with Crippen LogP contribution in [0.4, 0.5) is 8.78 Å². The van der Waals surface area contributed by atoms with Gasteiger partial charge in [0.25, 0.3) is 0 Å². The van der Waals surface area contributed by atoms with E-state index in [1.807, 2.05) is 12.1 Å². The number of alkyl halides is 2. The van der Waals surface area contributed by atoms with Gasteiger partial charge in [0.1, 0.15) is 0 Å². The average Bonchev–Trinajstić information content (AvgIpc) is 2.69. The number of benzene rings is 1. The first-order chi connectivity index (χ1) is 8.06. The number of aryl methyl sites for hydroxylation is 1. The van der Waals surface area contributed by atoms with Crippen LogP contribution in [0, 0.1) is 5.41 Å². The van der Waals surface area contributed by atoms with Crippen molar-refractivity contribution in [3.8, 4) is 0 Å². The second kappa shape index (κ2) is 3.52. The predicted octanol–water partition coefficient (Wildman–Crippen LogP) is 3.09. The summed E-state index contributed by atoms with van der Waals surface area (Å²) in [6.45, 7) is 0.377. The molecule has 0 aromatic heterocycles. The van der Waals surface area contributed by atoms with E-state index in [9.17, 15) is 8.78 Å². The number of hydrogen-bond acceptors (Lipinski definition) is 1. The fourth-order valence-corrected chi connectivity index (χ4v) is 3.70. The molecular formula is C14H17F2N. The lowest BCUT2D eigenvalue weighted by Gasteiger charge is -2.51. The highest BCUT2D eigenvalue weighted by atomic mass is 19.3. The Morgan fingerprint density at radius 2 is 1.94 bits per heavy atom. The van der Waals surface area contributed by atoms with Gasteiger partial charge in [0.05, 0.1) is 0 Å². The molecule has 0 amide bonds. The van der Waals surface area contributed by atoms with Crippen LogP contribution < -0.4 is 5.73 Å². The van der Waals surface area contributed by atoms with E-state index in [0.29, 0.717) is 6.54 Å². The molecule has 2 aliphatic carbocycles. The molecule has 92 valence electrons. The lowest BCUT2D eigenvalue weighted by molar-refractivity contribution is -0.166. The molecule has 2 aliphatic rings. The van der Waals surface area contributed by atoms with Crippen molar-refractivity contribution < 1.29 is 8.78 Å². The molecule has 0 radical (unpaired) electrons. The van der Waals surface area contributed by atoms with E-state index in [-0.39, 0.29) is 24.2 Å². The summed E-state index contributed by atoms with van der Waals surface area (Å²) in [7, 11) is 0. The van der Waals surface area contributed by atoms with Crippen molar-refractivity contribution >= 4 is 0 Å². The van der Waals surface area contributed by atoms with Crippen molar-refractivity contribution in [2.24, 2.45) is 11.1 Å². The van der Waals surface area contributed by atoms with E-state index < -0.39 is 5.92 Å². The minimum Gasteiger partial charge on any atom is -0.330 e. The Kier molecular flexibility index (Phi) is 2.31. The smallest absolute Gasteiger partial charge is 0.249 e. The number of hydrogen-bond donors (Lipinski definition) is 1. The highest BCUT2D eigenvalue weighted by Gasteiger charge is 2.59. The largest absolute Gasteiger partial charge is 0.330 e. The monoisotopic (exact) mass is 237 g/mol. The van der Waals surface area contributed by atoms with Crippen LogP contribution in [0.5, 0.6) is 0 Å². The van der Waals surface area contributed by atoms with Crippen LogP contribution in [0.2, 0.25) is 0 Å². The third-order valence-electron chi connectivity index (χ3n) is 4.50. The fraction of sp³-hybridized carbons (Fsp3) is 0.571. The fourth-order valence-electron chi connectivity index (χ4n) is 3.70. The van der Waals surface area contributed by atoms with Gasteiger partial charge in [-0.3, -0.25) is 0 Å². The summed E-state index contributed by atoms with van der Waals surface area (Å²) in [4.78, 5) is 0. The van der Waals surface area contributed by atoms with Crippen LogP contribution in [0.15, 0.2) is 24.3 Å². The molecule has 1 aromatic rings. The number of nitrogens with two attached hydrogens (primary N) is 1. The van der Waals surface area contributed by atoms with E-state index in [2.05, 4.69) is 12.1 Å². The van der Waals surface area contributed by atoms with Crippen molar-refractivity contribution in [1.29, 1.82) is 0 Å². The van der Waals surface area contributed by atoms with Gasteiger partial charge in [0.15, 0.2) is 0 Å². The van der Waals surface area contributed by atoms with Gasteiger partial charge in [-0.05, 0) is 36.4 Å². The molecular weight excluding hydrogens is 220 g/mol. The Hall–Kier alpha value is -0.960. The van der Waals surface area contributed by atoms with Crippen LogP contribution in [0.1, 0.15) is 36.3 Å². The maximum Gasteiger partial charge on any atom is 0.249 e. The minimum atomic E-state index is -2.49. The number of halogens is 2. The number of fused-ring (bicyclic) bond motifs is 1. The van der Waals surface area contributed by atoms with Crippen molar-refractivity contribution in [3.63, 3.8) is 0 Å². The van der Waals surface area contributed by atoms with Gasteiger partial charge >= 0.3 is 0 Å². The molecule has 0 heterocycles. The third kappa shape index (κ3) is 1.60. The summed E-state index contributed by atoms with van der Waals surface area (Å²) in [5, 5.41) is 0. The molecule has 0 aliphatic heterocycles. The molecule has 1 aromatic carbocycles. The van der Waals surface area contributed by atoms with E-state index in [1.54, 1.807) is 0 Å². The van der Waals surface area contributed by atoms with E-state index >= 15 is 0 Å². The summed E-state index contributed by atoms with van der Waals surface area (Å²) in [6, 6.07) is 8.21. The van der Waals surface area contributed by atoms with Gasteiger partial charge in [-0.25, -0.2) is 8.78 Å². The van der Waals surface area contributed by atoms with Gasteiger partial charge in [-0.15, -0.1) is 0 Å². The summed E-state index contributed by atoms with van der Waals surface area (Å²) in [5.41, 5.74) is 8.02. The van der Waals surface area contributed by atoms with Crippen LogP contribution in [-0.4, -0.2) is 12.5 Å².